The van der Waals surface area contributed by atoms with Crippen molar-refractivity contribution in [2.75, 3.05) is 31.9 Å². The van der Waals surface area contributed by atoms with Crippen molar-refractivity contribution in [3.8, 4) is 0 Å². The Morgan fingerprint density at radius 1 is 1.50 bits per heavy atom. The van der Waals surface area contributed by atoms with Crippen LogP contribution in [0.25, 0.3) is 0 Å². The minimum absolute atomic E-state index is 0.000829. The summed E-state index contributed by atoms with van der Waals surface area (Å²) in [5.74, 6) is 1.22. The van der Waals surface area contributed by atoms with Crippen LogP contribution in [0.4, 0.5) is 4.79 Å². The van der Waals surface area contributed by atoms with E-state index in [-0.39, 0.29) is 10.8 Å². The number of hydrogen-bond donors (Lipinski definition) is 2. The maximum atomic E-state index is 12.0. The van der Waals surface area contributed by atoms with Crippen molar-refractivity contribution in [1.29, 1.82) is 0 Å². The summed E-state index contributed by atoms with van der Waals surface area (Å²) in [6, 6.07) is 0.320. The number of hydrogen-bond acceptors (Lipinski definition) is 3. The normalized spacial score (nSPS) is 28.2. The summed E-state index contributed by atoms with van der Waals surface area (Å²) in [6.45, 7) is 9.84. The number of carbonyl (C=O) groups is 1. The molecule has 0 saturated carbocycles. The lowest BCUT2D eigenvalue weighted by Gasteiger charge is -2.32. The van der Waals surface area contributed by atoms with E-state index in [0.717, 1.165) is 39.0 Å². The number of piperidine rings is 1. The van der Waals surface area contributed by atoms with Gasteiger partial charge < -0.3 is 10.6 Å². The van der Waals surface area contributed by atoms with Gasteiger partial charge in [-0.05, 0) is 38.4 Å². The maximum absolute atomic E-state index is 12.0. The molecule has 2 fully saturated rings. The molecular formula is C15H27N3OS. The van der Waals surface area contributed by atoms with Crippen molar-refractivity contribution in [3.63, 3.8) is 0 Å². The SMILES string of the molecule is C=CCN1CCC(NC(=O)NC[C@]2(C)CCCS2)CC1. The Bertz CT molecular complexity index is 334. The predicted molar refractivity (Wildman–Crippen MR) is 86.3 cm³/mol. The molecule has 2 saturated heterocycles. The van der Waals surface area contributed by atoms with Gasteiger partial charge in [-0.3, -0.25) is 4.90 Å². The van der Waals surface area contributed by atoms with E-state index >= 15 is 0 Å². The van der Waals surface area contributed by atoms with Crippen LogP contribution in [-0.4, -0.2) is 53.7 Å². The van der Waals surface area contributed by atoms with Gasteiger partial charge in [0.05, 0.1) is 0 Å². The number of carbonyl (C=O) groups excluding carboxylic acids is 1. The quantitative estimate of drug-likeness (QED) is 0.765. The minimum Gasteiger partial charge on any atom is -0.337 e. The van der Waals surface area contributed by atoms with Crippen molar-refractivity contribution >= 4 is 17.8 Å². The van der Waals surface area contributed by atoms with Gasteiger partial charge in [-0.25, -0.2) is 4.79 Å². The highest BCUT2D eigenvalue weighted by molar-refractivity contribution is 8.00. The van der Waals surface area contributed by atoms with Gasteiger partial charge in [0.1, 0.15) is 0 Å². The van der Waals surface area contributed by atoms with Gasteiger partial charge in [0.2, 0.25) is 0 Å². The largest absolute Gasteiger partial charge is 0.337 e. The molecule has 114 valence electrons. The Labute approximate surface area is 126 Å². The summed E-state index contributed by atoms with van der Waals surface area (Å²) in [7, 11) is 0. The molecule has 0 unspecified atom stereocenters. The van der Waals surface area contributed by atoms with Gasteiger partial charge >= 0.3 is 6.03 Å². The summed E-state index contributed by atoms with van der Waals surface area (Å²) in [6.07, 6.45) is 6.49. The number of rotatable bonds is 5. The molecule has 4 nitrogen and oxygen atoms in total. The molecule has 2 rings (SSSR count). The van der Waals surface area contributed by atoms with Crippen molar-refractivity contribution < 1.29 is 4.79 Å². The van der Waals surface area contributed by atoms with Crippen LogP contribution in [0.2, 0.25) is 0 Å². The first-order chi connectivity index (χ1) is 9.61. The fraction of sp³-hybridized carbons (Fsp3) is 0.800. The van der Waals surface area contributed by atoms with Crippen LogP contribution < -0.4 is 10.6 Å². The topological polar surface area (TPSA) is 44.4 Å². The summed E-state index contributed by atoms with van der Waals surface area (Å²) in [5, 5.41) is 6.16. The highest BCUT2D eigenvalue weighted by Crippen LogP contribution is 2.36. The third kappa shape index (κ3) is 4.70. The van der Waals surface area contributed by atoms with Crippen molar-refractivity contribution in [3.05, 3.63) is 12.7 Å². The summed E-state index contributed by atoms with van der Waals surface area (Å²) < 4.78 is 0.241. The van der Waals surface area contributed by atoms with E-state index in [1.165, 1.54) is 18.6 Å². The van der Waals surface area contributed by atoms with E-state index < -0.39 is 0 Å². The minimum atomic E-state index is 0.000829. The highest BCUT2D eigenvalue weighted by atomic mass is 32.2. The van der Waals surface area contributed by atoms with Gasteiger partial charge in [0.25, 0.3) is 0 Å². The lowest BCUT2D eigenvalue weighted by atomic mass is 10.1. The molecule has 0 bridgehead atoms. The fourth-order valence-electron chi connectivity index (χ4n) is 2.92. The molecule has 0 aromatic rings. The smallest absolute Gasteiger partial charge is 0.315 e. The molecule has 2 aliphatic rings. The van der Waals surface area contributed by atoms with E-state index in [0.29, 0.717) is 6.04 Å². The zero-order valence-corrected chi connectivity index (χ0v) is 13.3. The molecular weight excluding hydrogens is 270 g/mol. The molecule has 1 atom stereocenters. The molecule has 0 spiro atoms. The zero-order valence-electron chi connectivity index (χ0n) is 12.5. The monoisotopic (exact) mass is 297 g/mol. The van der Waals surface area contributed by atoms with E-state index in [4.69, 9.17) is 0 Å². The van der Waals surface area contributed by atoms with Crippen LogP contribution in [0.15, 0.2) is 12.7 Å². The first-order valence-electron chi connectivity index (χ1n) is 7.63. The van der Waals surface area contributed by atoms with Crippen LogP contribution in [-0.2, 0) is 0 Å². The molecule has 5 heteroatoms. The average Bonchev–Trinajstić information content (AvgIpc) is 2.87. The number of nitrogens with zero attached hydrogens (tertiary/aromatic N) is 1. The van der Waals surface area contributed by atoms with E-state index in [1.807, 2.05) is 17.8 Å². The molecule has 0 aromatic carbocycles. The van der Waals surface area contributed by atoms with Crippen molar-refractivity contribution in [1.82, 2.24) is 15.5 Å². The van der Waals surface area contributed by atoms with Gasteiger partial charge in [0.15, 0.2) is 0 Å². The summed E-state index contributed by atoms with van der Waals surface area (Å²) >= 11 is 1.98. The van der Waals surface area contributed by atoms with Gasteiger partial charge in [-0.2, -0.15) is 11.8 Å². The molecule has 2 aliphatic heterocycles. The van der Waals surface area contributed by atoms with Crippen LogP contribution >= 0.6 is 11.8 Å². The Hall–Kier alpha value is -0.680. The van der Waals surface area contributed by atoms with Crippen LogP contribution in [0.3, 0.4) is 0 Å². The lowest BCUT2D eigenvalue weighted by molar-refractivity contribution is 0.203. The van der Waals surface area contributed by atoms with Gasteiger partial charge in [-0.15, -0.1) is 6.58 Å². The highest BCUT2D eigenvalue weighted by Gasteiger charge is 2.30. The molecule has 2 amide bonds. The molecule has 0 aromatic heterocycles. The molecule has 0 radical (unpaired) electrons. The Morgan fingerprint density at radius 2 is 2.25 bits per heavy atom. The second-order valence-electron chi connectivity index (χ2n) is 6.09. The number of amides is 2. The number of likely N-dealkylation sites (tertiary alicyclic amines) is 1. The molecule has 2 heterocycles. The lowest BCUT2D eigenvalue weighted by Crippen LogP contribution is -2.49. The Kier molecular flexibility index (Phi) is 5.78. The predicted octanol–water partition coefficient (Wildman–Crippen LogP) is 2.22. The Balaban J connectivity index is 1.64. The average molecular weight is 297 g/mol. The summed E-state index contributed by atoms with van der Waals surface area (Å²) in [5.41, 5.74) is 0. The number of urea groups is 1. The van der Waals surface area contributed by atoms with Gasteiger partial charge in [-0.1, -0.05) is 6.08 Å². The fourth-order valence-corrected chi connectivity index (χ4v) is 4.17. The zero-order chi connectivity index (χ0) is 14.4. The van der Waals surface area contributed by atoms with E-state index in [1.54, 1.807) is 0 Å². The second kappa shape index (κ2) is 7.36. The first kappa shape index (κ1) is 15.7. The standard InChI is InChI=1S/C15H27N3OS/c1-3-8-18-9-5-13(6-10-18)17-14(19)16-12-15(2)7-4-11-20-15/h3,13H,1,4-12H2,2H3,(H2,16,17,19)/t15-/m0/s1. The summed E-state index contributed by atoms with van der Waals surface area (Å²) in [4.78, 5) is 14.3. The van der Waals surface area contributed by atoms with Crippen molar-refractivity contribution in [2.24, 2.45) is 0 Å². The van der Waals surface area contributed by atoms with Crippen LogP contribution in [0.1, 0.15) is 32.6 Å². The van der Waals surface area contributed by atoms with Crippen LogP contribution in [0.5, 0.6) is 0 Å². The van der Waals surface area contributed by atoms with E-state index in [2.05, 4.69) is 29.0 Å². The second-order valence-corrected chi connectivity index (χ2v) is 7.78. The van der Waals surface area contributed by atoms with E-state index in [9.17, 15) is 4.79 Å². The maximum Gasteiger partial charge on any atom is 0.315 e. The Morgan fingerprint density at radius 3 is 2.85 bits per heavy atom. The first-order valence-corrected chi connectivity index (χ1v) is 8.61. The molecule has 0 aliphatic carbocycles. The third-order valence-electron chi connectivity index (χ3n) is 4.23. The van der Waals surface area contributed by atoms with Gasteiger partial charge in [0, 0.05) is 37.0 Å². The third-order valence-corrected chi connectivity index (χ3v) is 5.77. The number of thioether (sulfide) groups is 1. The molecule has 20 heavy (non-hydrogen) atoms. The van der Waals surface area contributed by atoms with Crippen LogP contribution in [0, 0.1) is 0 Å². The van der Waals surface area contributed by atoms with Crippen molar-refractivity contribution in [2.45, 2.75) is 43.4 Å². The number of nitrogens with one attached hydrogen (secondary N) is 2. The molecule has 2 N–H and O–H groups in total.